The van der Waals surface area contributed by atoms with Gasteiger partial charge in [0.25, 0.3) is 5.91 Å². The van der Waals surface area contributed by atoms with E-state index in [1.165, 1.54) is 11.3 Å². The molecule has 0 spiro atoms. The molecule has 32 heavy (non-hydrogen) atoms. The number of carbonyl (C=O) groups is 1. The van der Waals surface area contributed by atoms with Crippen molar-refractivity contribution in [2.75, 3.05) is 5.32 Å². The Morgan fingerprint density at radius 2 is 2.00 bits per heavy atom. The lowest BCUT2D eigenvalue weighted by Crippen LogP contribution is -2.13. The zero-order valence-electron chi connectivity index (χ0n) is 16.9. The molecular weight excluding hydrogens is 442 g/mol. The molecule has 5 rings (SSSR count). The van der Waals surface area contributed by atoms with E-state index in [-0.39, 0.29) is 5.91 Å². The molecule has 0 aliphatic heterocycles. The SMILES string of the molecule is Cn1c(Cc2csc(NC(=O)c3cc(-c4ccncc4)nc4ccccc34)n2)n[nH]c1=S. The van der Waals surface area contributed by atoms with E-state index in [9.17, 15) is 4.79 Å². The van der Waals surface area contributed by atoms with Gasteiger partial charge in [-0.25, -0.2) is 9.97 Å². The molecule has 4 aromatic heterocycles. The van der Waals surface area contributed by atoms with Gasteiger partial charge in [0.2, 0.25) is 0 Å². The van der Waals surface area contributed by atoms with Crippen molar-refractivity contribution in [1.29, 1.82) is 0 Å². The van der Waals surface area contributed by atoms with Crippen molar-refractivity contribution in [3.05, 3.63) is 82.1 Å². The van der Waals surface area contributed by atoms with Gasteiger partial charge in [-0.1, -0.05) is 18.2 Å². The highest BCUT2D eigenvalue weighted by atomic mass is 32.1. The summed E-state index contributed by atoms with van der Waals surface area (Å²) >= 11 is 6.52. The molecule has 158 valence electrons. The van der Waals surface area contributed by atoms with E-state index in [1.807, 2.05) is 48.8 Å². The number of nitrogens with one attached hydrogen (secondary N) is 2. The van der Waals surface area contributed by atoms with Crippen LogP contribution in [-0.2, 0) is 13.5 Å². The number of thiazole rings is 1. The number of para-hydroxylation sites is 1. The molecule has 1 amide bonds. The quantitative estimate of drug-likeness (QED) is 0.378. The number of hydrogen-bond donors (Lipinski definition) is 2. The normalized spacial score (nSPS) is 11.0. The maximum Gasteiger partial charge on any atom is 0.258 e. The van der Waals surface area contributed by atoms with E-state index < -0.39 is 0 Å². The molecule has 0 saturated carbocycles. The Bertz CT molecular complexity index is 1490. The summed E-state index contributed by atoms with van der Waals surface area (Å²) in [6, 6.07) is 13.1. The summed E-state index contributed by atoms with van der Waals surface area (Å²) in [5, 5.41) is 13.1. The van der Waals surface area contributed by atoms with Crippen molar-refractivity contribution in [2.45, 2.75) is 6.42 Å². The number of pyridine rings is 2. The van der Waals surface area contributed by atoms with Crippen LogP contribution in [-0.4, -0.2) is 35.6 Å². The maximum absolute atomic E-state index is 13.2. The third kappa shape index (κ3) is 3.93. The van der Waals surface area contributed by atoms with E-state index in [2.05, 4.69) is 25.5 Å². The third-order valence-electron chi connectivity index (χ3n) is 5.02. The van der Waals surface area contributed by atoms with E-state index >= 15 is 0 Å². The lowest BCUT2D eigenvalue weighted by atomic mass is 10.0. The molecule has 8 nitrogen and oxygen atoms in total. The van der Waals surface area contributed by atoms with Gasteiger partial charge in [-0.15, -0.1) is 11.3 Å². The molecular formula is C22H17N7OS2. The molecule has 5 aromatic rings. The highest BCUT2D eigenvalue weighted by Crippen LogP contribution is 2.26. The first kappa shape index (κ1) is 20.2. The van der Waals surface area contributed by atoms with Crippen LogP contribution in [0.5, 0.6) is 0 Å². The van der Waals surface area contributed by atoms with Crippen molar-refractivity contribution in [3.63, 3.8) is 0 Å². The van der Waals surface area contributed by atoms with Gasteiger partial charge >= 0.3 is 0 Å². The molecule has 0 unspecified atom stereocenters. The van der Waals surface area contributed by atoms with Crippen LogP contribution >= 0.6 is 23.6 Å². The minimum atomic E-state index is -0.238. The molecule has 0 saturated heterocycles. The number of carbonyl (C=O) groups excluding carboxylic acids is 1. The second-order valence-corrected chi connectivity index (χ2v) is 8.33. The highest BCUT2D eigenvalue weighted by molar-refractivity contribution is 7.71. The maximum atomic E-state index is 13.2. The summed E-state index contributed by atoms with van der Waals surface area (Å²) in [5.41, 5.74) is 3.69. The third-order valence-corrected chi connectivity index (χ3v) is 6.19. The number of anilines is 1. The molecule has 2 N–H and O–H groups in total. The van der Waals surface area contributed by atoms with E-state index in [1.54, 1.807) is 23.0 Å². The molecule has 0 aliphatic carbocycles. The van der Waals surface area contributed by atoms with Gasteiger partial charge in [-0.2, -0.15) is 5.10 Å². The van der Waals surface area contributed by atoms with Gasteiger partial charge < -0.3 is 4.57 Å². The van der Waals surface area contributed by atoms with Crippen LogP contribution in [0.4, 0.5) is 5.13 Å². The van der Waals surface area contributed by atoms with E-state index in [0.717, 1.165) is 28.0 Å². The molecule has 0 fully saturated rings. The number of aromatic nitrogens is 6. The second-order valence-electron chi connectivity index (χ2n) is 7.09. The van der Waals surface area contributed by atoms with Crippen LogP contribution in [0.15, 0.2) is 60.2 Å². The summed E-state index contributed by atoms with van der Waals surface area (Å²) < 4.78 is 2.36. The smallest absolute Gasteiger partial charge is 0.258 e. The summed E-state index contributed by atoms with van der Waals surface area (Å²) in [7, 11) is 1.85. The van der Waals surface area contributed by atoms with Crippen molar-refractivity contribution in [2.24, 2.45) is 7.05 Å². The van der Waals surface area contributed by atoms with Crippen LogP contribution in [0, 0.1) is 4.77 Å². The summed E-state index contributed by atoms with van der Waals surface area (Å²) in [4.78, 5) is 26.5. The Balaban J connectivity index is 1.44. The fourth-order valence-corrected chi connectivity index (χ4v) is 4.20. The van der Waals surface area contributed by atoms with E-state index in [4.69, 9.17) is 17.2 Å². The fourth-order valence-electron chi connectivity index (χ4n) is 3.34. The number of rotatable bonds is 5. The van der Waals surface area contributed by atoms with Crippen LogP contribution in [0.25, 0.3) is 22.2 Å². The molecule has 4 heterocycles. The fraction of sp³-hybridized carbons (Fsp3) is 0.0909. The lowest BCUT2D eigenvalue weighted by Gasteiger charge is -2.09. The van der Waals surface area contributed by atoms with Gasteiger partial charge in [0.1, 0.15) is 5.82 Å². The lowest BCUT2D eigenvalue weighted by molar-refractivity contribution is 0.102. The van der Waals surface area contributed by atoms with Gasteiger partial charge in [-0.05, 0) is 36.5 Å². The Morgan fingerprint density at radius 1 is 1.19 bits per heavy atom. The van der Waals surface area contributed by atoms with Crippen LogP contribution in [0.2, 0.25) is 0 Å². The zero-order valence-corrected chi connectivity index (χ0v) is 18.6. The average Bonchev–Trinajstić information content (AvgIpc) is 3.40. The number of nitrogens with zero attached hydrogens (tertiary/aromatic N) is 5. The van der Waals surface area contributed by atoms with Crippen molar-refractivity contribution >= 4 is 45.5 Å². The Labute approximate surface area is 192 Å². The summed E-state index contributed by atoms with van der Waals surface area (Å²) in [5.74, 6) is 0.540. The number of benzene rings is 1. The first-order chi connectivity index (χ1) is 15.6. The van der Waals surface area contributed by atoms with Gasteiger partial charge in [0.05, 0.1) is 28.9 Å². The number of fused-ring (bicyclic) bond motifs is 1. The van der Waals surface area contributed by atoms with Crippen LogP contribution in [0.3, 0.4) is 0 Å². The first-order valence-electron chi connectivity index (χ1n) is 9.75. The minimum absolute atomic E-state index is 0.238. The van der Waals surface area contributed by atoms with Gasteiger partial charge in [0.15, 0.2) is 9.90 Å². The predicted octanol–water partition coefficient (Wildman–Crippen LogP) is 4.39. The number of amides is 1. The van der Waals surface area contributed by atoms with E-state index in [0.29, 0.717) is 27.6 Å². The molecule has 1 aromatic carbocycles. The molecule has 0 atom stereocenters. The molecule has 0 radical (unpaired) electrons. The Hall–Kier alpha value is -3.76. The summed E-state index contributed by atoms with van der Waals surface area (Å²) in [6.45, 7) is 0. The van der Waals surface area contributed by atoms with Gasteiger partial charge in [0, 0.05) is 35.8 Å². The van der Waals surface area contributed by atoms with Gasteiger partial charge in [-0.3, -0.25) is 20.2 Å². The predicted molar refractivity (Wildman–Crippen MR) is 126 cm³/mol. The minimum Gasteiger partial charge on any atom is -0.307 e. The van der Waals surface area contributed by atoms with Crippen LogP contribution < -0.4 is 5.32 Å². The number of aromatic amines is 1. The molecule has 0 aliphatic rings. The first-order valence-corrected chi connectivity index (χ1v) is 11.0. The number of hydrogen-bond acceptors (Lipinski definition) is 7. The zero-order chi connectivity index (χ0) is 22.1. The van der Waals surface area contributed by atoms with Crippen LogP contribution in [0.1, 0.15) is 21.9 Å². The Morgan fingerprint density at radius 3 is 2.78 bits per heavy atom. The monoisotopic (exact) mass is 459 g/mol. The second kappa shape index (κ2) is 8.40. The van der Waals surface area contributed by atoms with Crippen molar-refractivity contribution in [3.8, 4) is 11.3 Å². The Kier molecular flexibility index (Phi) is 5.29. The molecule has 0 bridgehead atoms. The largest absolute Gasteiger partial charge is 0.307 e. The highest BCUT2D eigenvalue weighted by Gasteiger charge is 2.16. The average molecular weight is 460 g/mol. The van der Waals surface area contributed by atoms with Crippen molar-refractivity contribution in [1.82, 2.24) is 29.7 Å². The topological polar surface area (TPSA) is 101 Å². The standard InChI is InChI=1S/C22H17N7OS2/c1-29-19(27-28-22(29)31)10-14-12-32-21(24-14)26-20(30)16-11-18(13-6-8-23-9-7-13)25-17-5-3-2-4-15(16)17/h2-9,11-12H,10H2,1H3,(H,28,31)(H,24,26,30). The number of H-pyrrole nitrogens is 1. The molecule has 10 heteroatoms. The van der Waals surface area contributed by atoms with Crippen molar-refractivity contribution < 1.29 is 4.79 Å². The summed E-state index contributed by atoms with van der Waals surface area (Å²) in [6.07, 6.45) is 3.93.